The maximum absolute atomic E-state index is 12.0. The molecule has 0 aromatic rings. The van der Waals surface area contributed by atoms with Gasteiger partial charge in [-0.15, -0.1) is 12.4 Å². The van der Waals surface area contributed by atoms with Gasteiger partial charge in [0.15, 0.2) is 0 Å². The van der Waals surface area contributed by atoms with Gasteiger partial charge in [0.1, 0.15) is 0 Å². The van der Waals surface area contributed by atoms with Crippen LogP contribution in [0.3, 0.4) is 0 Å². The highest BCUT2D eigenvalue weighted by Gasteiger charge is 2.25. The van der Waals surface area contributed by atoms with Crippen molar-refractivity contribution in [2.24, 2.45) is 5.73 Å². The van der Waals surface area contributed by atoms with Crippen LogP contribution in [0.15, 0.2) is 0 Å². The van der Waals surface area contributed by atoms with Crippen LogP contribution in [0.5, 0.6) is 0 Å². The summed E-state index contributed by atoms with van der Waals surface area (Å²) in [6.07, 6.45) is 5.41. The smallest absolute Gasteiger partial charge is 0.279 e. The highest BCUT2D eigenvalue weighted by Crippen LogP contribution is 2.18. The van der Waals surface area contributed by atoms with Gasteiger partial charge in [0, 0.05) is 25.7 Å². The second-order valence-electron chi connectivity index (χ2n) is 4.91. The van der Waals surface area contributed by atoms with Crippen LogP contribution in [0.2, 0.25) is 0 Å². The molecule has 0 aliphatic heterocycles. The number of hydrogen-bond donors (Lipinski definition) is 2. The Balaban J connectivity index is 0.00000289. The van der Waals surface area contributed by atoms with Crippen molar-refractivity contribution in [3.63, 3.8) is 0 Å². The molecular formula is C11H26ClN3O2S. The van der Waals surface area contributed by atoms with Gasteiger partial charge in [-0.25, -0.2) is 0 Å². The van der Waals surface area contributed by atoms with Crippen LogP contribution in [0.25, 0.3) is 0 Å². The fourth-order valence-corrected chi connectivity index (χ4v) is 3.24. The van der Waals surface area contributed by atoms with E-state index in [4.69, 9.17) is 5.73 Å². The summed E-state index contributed by atoms with van der Waals surface area (Å²) in [6.45, 7) is 2.63. The summed E-state index contributed by atoms with van der Waals surface area (Å²) >= 11 is 0. The van der Waals surface area contributed by atoms with Gasteiger partial charge >= 0.3 is 0 Å². The lowest BCUT2D eigenvalue weighted by Gasteiger charge is -2.28. The molecule has 1 fully saturated rings. The Morgan fingerprint density at radius 1 is 1.28 bits per heavy atom. The minimum absolute atomic E-state index is 0. The lowest BCUT2D eigenvalue weighted by Crippen LogP contribution is -2.46. The number of rotatable bonds is 6. The van der Waals surface area contributed by atoms with Crippen molar-refractivity contribution in [2.45, 2.75) is 57.5 Å². The van der Waals surface area contributed by atoms with E-state index >= 15 is 0 Å². The molecule has 110 valence electrons. The topological polar surface area (TPSA) is 75.4 Å². The summed E-state index contributed by atoms with van der Waals surface area (Å²) in [5.41, 5.74) is 5.80. The molecule has 0 saturated heterocycles. The first-order chi connectivity index (χ1) is 7.95. The number of nitrogens with one attached hydrogen (secondary N) is 1. The second kappa shape index (κ2) is 8.32. The van der Waals surface area contributed by atoms with Crippen molar-refractivity contribution in [1.29, 1.82) is 0 Å². The van der Waals surface area contributed by atoms with E-state index in [0.717, 1.165) is 38.5 Å². The van der Waals surface area contributed by atoms with Crippen LogP contribution in [0, 0.1) is 0 Å². The third-order valence-corrected chi connectivity index (χ3v) is 4.96. The van der Waals surface area contributed by atoms with Crippen molar-refractivity contribution >= 4 is 22.6 Å². The van der Waals surface area contributed by atoms with Crippen LogP contribution >= 0.6 is 12.4 Å². The quantitative estimate of drug-likeness (QED) is 0.775. The molecule has 7 heteroatoms. The largest absolute Gasteiger partial charge is 0.328 e. The lowest BCUT2D eigenvalue weighted by atomic mass is 9.93. The Bertz CT molecular complexity index is 316. The van der Waals surface area contributed by atoms with Crippen LogP contribution < -0.4 is 10.5 Å². The monoisotopic (exact) mass is 299 g/mol. The average molecular weight is 300 g/mol. The number of unbranched alkanes of at least 4 members (excludes halogenated alkanes) is 1. The van der Waals surface area contributed by atoms with Gasteiger partial charge in [-0.05, 0) is 32.1 Å². The molecule has 0 spiro atoms. The summed E-state index contributed by atoms with van der Waals surface area (Å²) in [4.78, 5) is 0. The number of hydrogen-bond acceptors (Lipinski definition) is 3. The molecule has 0 aromatic carbocycles. The van der Waals surface area contributed by atoms with E-state index in [2.05, 4.69) is 11.6 Å². The van der Waals surface area contributed by atoms with E-state index in [-0.39, 0.29) is 24.5 Å². The molecule has 18 heavy (non-hydrogen) atoms. The summed E-state index contributed by atoms with van der Waals surface area (Å²) in [5, 5.41) is 0. The Kier molecular flexibility index (Phi) is 8.38. The van der Waals surface area contributed by atoms with E-state index in [1.54, 1.807) is 7.05 Å². The Labute approximate surface area is 117 Å². The van der Waals surface area contributed by atoms with Crippen LogP contribution in [-0.2, 0) is 10.2 Å². The van der Waals surface area contributed by atoms with Gasteiger partial charge in [0.25, 0.3) is 10.2 Å². The minimum atomic E-state index is -3.31. The first kappa shape index (κ1) is 18.1. The van der Waals surface area contributed by atoms with Crippen molar-refractivity contribution in [1.82, 2.24) is 9.03 Å². The Morgan fingerprint density at radius 2 is 1.83 bits per heavy atom. The third-order valence-electron chi connectivity index (χ3n) is 3.32. The van der Waals surface area contributed by atoms with Gasteiger partial charge in [-0.2, -0.15) is 17.4 Å². The summed E-state index contributed by atoms with van der Waals surface area (Å²) in [7, 11) is -1.68. The zero-order chi connectivity index (χ0) is 12.9. The fraction of sp³-hybridized carbons (Fsp3) is 1.00. The summed E-state index contributed by atoms with van der Waals surface area (Å²) in [5.74, 6) is 0. The lowest BCUT2D eigenvalue weighted by molar-refractivity contribution is 0.361. The molecule has 0 amide bonds. The maximum atomic E-state index is 12.0. The van der Waals surface area contributed by atoms with Crippen LogP contribution in [-0.4, -0.2) is 38.4 Å². The average Bonchev–Trinajstić information content (AvgIpc) is 2.28. The highest BCUT2D eigenvalue weighted by atomic mass is 35.5. The molecule has 0 heterocycles. The predicted octanol–water partition coefficient (Wildman–Crippen LogP) is 1.24. The molecule has 1 saturated carbocycles. The normalized spacial score (nSPS) is 24.9. The fourth-order valence-electron chi connectivity index (χ4n) is 2.04. The Morgan fingerprint density at radius 3 is 2.33 bits per heavy atom. The van der Waals surface area contributed by atoms with E-state index in [1.807, 2.05) is 0 Å². The second-order valence-corrected chi connectivity index (χ2v) is 6.72. The predicted molar refractivity (Wildman–Crippen MR) is 77.1 cm³/mol. The molecule has 0 aromatic heterocycles. The molecule has 1 aliphatic rings. The van der Waals surface area contributed by atoms with Crippen molar-refractivity contribution in [2.75, 3.05) is 13.6 Å². The van der Waals surface area contributed by atoms with Crippen molar-refractivity contribution < 1.29 is 8.42 Å². The van der Waals surface area contributed by atoms with Gasteiger partial charge in [0.05, 0.1) is 0 Å². The molecule has 3 N–H and O–H groups in total. The molecule has 0 unspecified atom stereocenters. The molecular weight excluding hydrogens is 274 g/mol. The van der Waals surface area contributed by atoms with Gasteiger partial charge < -0.3 is 5.73 Å². The van der Waals surface area contributed by atoms with E-state index in [0.29, 0.717) is 6.54 Å². The zero-order valence-corrected chi connectivity index (χ0v) is 12.9. The minimum Gasteiger partial charge on any atom is -0.328 e. The first-order valence-electron chi connectivity index (χ1n) is 6.45. The van der Waals surface area contributed by atoms with Crippen LogP contribution in [0.1, 0.15) is 45.4 Å². The number of nitrogens with two attached hydrogens (primary N) is 1. The van der Waals surface area contributed by atoms with Crippen molar-refractivity contribution in [3.05, 3.63) is 0 Å². The zero-order valence-electron chi connectivity index (χ0n) is 11.3. The maximum Gasteiger partial charge on any atom is 0.279 e. The molecule has 0 atom stereocenters. The van der Waals surface area contributed by atoms with E-state index in [1.165, 1.54) is 4.31 Å². The SMILES string of the molecule is CCCCN(C)S(=O)(=O)NC1CCC(N)CC1.Cl. The summed E-state index contributed by atoms with van der Waals surface area (Å²) < 4.78 is 28.1. The standard InChI is InChI=1S/C11H25N3O2S.ClH/c1-3-4-9-14(2)17(15,16)13-11-7-5-10(12)6-8-11;/h10-11,13H,3-9,12H2,1-2H3;1H. The van der Waals surface area contributed by atoms with Crippen molar-refractivity contribution in [3.8, 4) is 0 Å². The molecule has 5 nitrogen and oxygen atoms in total. The molecule has 0 radical (unpaired) electrons. The van der Waals surface area contributed by atoms with Gasteiger partial charge in [-0.1, -0.05) is 13.3 Å². The Hall–Kier alpha value is 0.120. The molecule has 1 aliphatic carbocycles. The van der Waals surface area contributed by atoms with Gasteiger partial charge in [-0.3, -0.25) is 0 Å². The highest BCUT2D eigenvalue weighted by molar-refractivity contribution is 7.87. The number of halogens is 1. The van der Waals surface area contributed by atoms with Crippen LogP contribution in [0.4, 0.5) is 0 Å². The summed E-state index contributed by atoms with van der Waals surface area (Å²) in [6, 6.07) is 0.303. The first-order valence-corrected chi connectivity index (χ1v) is 7.89. The van der Waals surface area contributed by atoms with E-state index < -0.39 is 10.2 Å². The molecule has 1 rings (SSSR count). The third kappa shape index (κ3) is 5.84. The van der Waals surface area contributed by atoms with Gasteiger partial charge in [0.2, 0.25) is 0 Å². The van der Waals surface area contributed by atoms with E-state index in [9.17, 15) is 8.42 Å². The molecule has 0 bridgehead atoms. The number of nitrogens with zero attached hydrogens (tertiary/aromatic N) is 1.